The molecule has 1 saturated heterocycles. The van der Waals surface area contributed by atoms with Crippen molar-refractivity contribution in [3.63, 3.8) is 0 Å². The normalized spacial score (nSPS) is 20.4. The molecule has 0 N–H and O–H groups in total. The van der Waals surface area contributed by atoms with Crippen LogP contribution in [-0.2, 0) is 4.74 Å². The summed E-state index contributed by atoms with van der Waals surface area (Å²) in [5.41, 5.74) is -0.544. The smallest absolute Gasteiger partial charge is 0.416 e. The summed E-state index contributed by atoms with van der Waals surface area (Å²) in [6.07, 6.45) is 6.65. The minimum Gasteiger partial charge on any atom is -0.441 e. The van der Waals surface area contributed by atoms with Gasteiger partial charge in [0.05, 0.1) is 11.1 Å². The summed E-state index contributed by atoms with van der Waals surface area (Å²) in [5.74, 6) is 3.02. The fraction of sp³-hybridized carbons (Fsp3) is 0.429. The van der Waals surface area contributed by atoms with Crippen LogP contribution in [0.25, 0.3) is 0 Å². The molecule has 4 nitrogen and oxygen atoms in total. The highest BCUT2D eigenvalue weighted by atomic mass is 16.6. The van der Waals surface area contributed by atoms with E-state index in [2.05, 4.69) is 10.9 Å². The highest BCUT2D eigenvalue weighted by Gasteiger charge is 2.55. The second-order valence-electron chi connectivity index (χ2n) is 5.29. The molecule has 0 atom stereocenters. The number of terminal acetylenes is 1. The number of cyclic esters (lactones) is 1. The van der Waals surface area contributed by atoms with Gasteiger partial charge in [0.25, 0.3) is 0 Å². The van der Waals surface area contributed by atoms with Gasteiger partial charge in [-0.3, -0.25) is 4.90 Å². The monoisotopic (exact) mass is 244 g/mol. The Balaban J connectivity index is 2.58. The van der Waals surface area contributed by atoms with E-state index in [1.165, 1.54) is 4.90 Å². The van der Waals surface area contributed by atoms with E-state index < -0.39 is 17.2 Å². The van der Waals surface area contributed by atoms with Crippen molar-refractivity contribution in [3.05, 3.63) is 23.9 Å². The van der Waals surface area contributed by atoms with Crippen molar-refractivity contribution in [2.45, 2.75) is 38.8 Å². The van der Waals surface area contributed by atoms with Crippen LogP contribution in [0.3, 0.4) is 0 Å². The Morgan fingerprint density at radius 3 is 2.56 bits per heavy atom. The predicted octanol–water partition coefficient (Wildman–Crippen LogP) is 2.58. The van der Waals surface area contributed by atoms with E-state index in [1.807, 2.05) is 27.7 Å². The lowest BCUT2D eigenvalue weighted by Gasteiger charge is -2.36. The highest BCUT2D eigenvalue weighted by Crippen LogP contribution is 2.41. The molecule has 2 rings (SSSR count). The van der Waals surface area contributed by atoms with Crippen LogP contribution in [0.4, 0.5) is 10.6 Å². The van der Waals surface area contributed by atoms with Gasteiger partial charge in [-0.05, 0) is 39.8 Å². The van der Waals surface area contributed by atoms with Crippen molar-refractivity contribution >= 4 is 11.9 Å². The molecular weight excluding hydrogens is 228 g/mol. The van der Waals surface area contributed by atoms with E-state index >= 15 is 0 Å². The molecule has 94 valence electrons. The van der Waals surface area contributed by atoms with Crippen molar-refractivity contribution in [3.8, 4) is 12.3 Å². The van der Waals surface area contributed by atoms with Gasteiger partial charge in [-0.25, -0.2) is 9.78 Å². The summed E-state index contributed by atoms with van der Waals surface area (Å²) in [6, 6.07) is 3.51. The van der Waals surface area contributed by atoms with Gasteiger partial charge in [0.1, 0.15) is 5.60 Å². The minimum absolute atomic E-state index is 0.416. The second-order valence-corrected chi connectivity index (χ2v) is 5.29. The zero-order chi connectivity index (χ0) is 13.6. The van der Waals surface area contributed by atoms with Crippen molar-refractivity contribution in [1.29, 1.82) is 0 Å². The summed E-state index contributed by atoms with van der Waals surface area (Å²) in [5, 5.41) is 0. The van der Waals surface area contributed by atoms with Gasteiger partial charge in [-0.15, -0.1) is 6.42 Å². The number of pyridine rings is 1. The summed E-state index contributed by atoms with van der Waals surface area (Å²) in [7, 11) is 0. The molecule has 2 heterocycles. The van der Waals surface area contributed by atoms with Gasteiger partial charge in [-0.1, -0.05) is 5.92 Å². The van der Waals surface area contributed by atoms with Gasteiger partial charge in [-0.2, -0.15) is 0 Å². The van der Waals surface area contributed by atoms with Crippen LogP contribution in [0, 0.1) is 12.3 Å². The van der Waals surface area contributed by atoms with Crippen LogP contribution < -0.4 is 4.90 Å². The first kappa shape index (κ1) is 12.4. The second kappa shape index (κ2) is 3.74. The van der Waals surface area contributed by atoms with Crippen LogP contribution in [0.5, 0.6) is 0 Å². The zero-order valence-electron chi connectivity index (χ0n) is 11.0. The fourth-order valence-corrected chi connectivity index (χ4v) is 1.93. The number of amides is 1. The first-order valence-corrected chi connectivity index (χ1v) is 5.76. The average molecular weight is 244 g/mol. The highest BCUT2D eigenvalue weighted by molar-refractivity contribution is 5.92. The van der Waals surface area contributed by atoms with E-state index in [-0.39, 0.29) is 0 Å². The van der Waals surface area contributed by atoms with Crippen LogP contribution >= 0.6 is 0 Å². The Bertz CT molecular complexity index is 541. The summed E-state index contributed by atoms with van der Waals surface area (Å²) < 4.78 is 5.41. The molecule has 1 aliphatic rings. The third-order valence-electron chi connectivity index (χ3n) is 3.71. The lowest BCUT2D eigenvalue weighted by Crippen LogP contribution is -2.51. The van der Waals surface area contributed by atoms with Crippen LogP contribution in [0.2, 0.25) is 0 Å². The molecule has 0 radical (unpaired) electrons. The first-order valence-electron chi connectivity index (χ1n) is 5.76. The molecule has 1 amide bonds. The number of ether oxygens (including phenoxy) is 1. The number of carbonyl (C=O) groups is 1. The Morgan fingerprint density at radius 2 is 2.06 bits per heavy atom. The van der Waals surface area contributed by atoms with E-state index in [0.29, 0.717) is 11.4 Å². The SMILES string of the molecule is C#Cc1cccnc1N1C(=O)OC(C)(C)C1(C)C. The van der Waals surface area contributed by atoms with Crippen molar-refractivity contribution in [1.82, 2.24) is 4.98 Å². The molecular formula is C14H16N2O2. The molecule has 0 bridgehead atoms. The van der Waals surface area contributed by atoms with Gasteiger partial charge < -0.3 is 4.74 Å². The Hall–Kier alpha value is -2.02. The summed E-state index contributed by atoms with van der Waals surface area (Å²) in [4.78, 5) is 17.8. The van der Waals surface area contributed by atoms with Crippen LogP contribution in [0.1, 0.15) is 33.3 Å². The maximum atomic E-state index is 12.1. The van der Waals surface area contributed by atoms with Crippen LogP contribution in [0.15, 0.2) is 18.3 Å². The molecule has 1 fully saturated rings. The van der Waals surface area contributed by atoms with Crippen molar-refractivity contribution in [2.24, 2.45) is 0 Å². The van der Waals surface area contributed by atoms with Crippen molar-refractivity contribution < 1.29 is 9.53 Å². The molecule has 18 heavy (non-hydrogen) atoms. The maximum absolute atomic E-state index is 12.1. The molecule has 0 aromatic carbocycles. The molecule has 4 heteroatoms. The number of rotatable bonds is 1. The number of nitrogens with zero attached hydrogens (tertiary/aromatic N) is 2. The van der Waals surface area contributed by atoms with E-state index in [0.717, 1.165) is 0 Å². The maximum Gasteiger partial charge on any atom is 0.416 e. The molecule has 1 aromatic heterocycles. The largest absolute Gasteiger partial charge is 0.441 e. The first-order chi connectivity index (χ1) is 8.31. The molecule has 0 saturated carbocycles. The van der Waals surface area contributed by atoms with Gasteiger partial charge >= 0.3 is 6.09 Å². The third kappa shape index (κ3) is 1.55. The van der Waals surface area contributed by atoms with Gasteiger partial charge in [0.15, 0.2) is 5.82 Å². The predicted molar refractivity (Wildman–Crippen MR) is 69.3 cm³/mol. The fourth-order valence-electron chi connectivity index (χ4n) is 1.93. The topological polar surface area (TPSA) is 42.4 Å². The summed E-state index contributed by atoms with van der Waals surface area (Å²) in [6.45, 7) is 7.63. The number of anilines is 1. The van der Waals surface area contributed by atoms with E-state index in [4.69, 9.17) is 11.2 Å². The minimum atomic E-state index is -0.604. The van der Waals surface area contributed by atoms with Gasteiger partial charge in [0, 0.05) is 6.20 Å². The molecule has 1 aromatic rings. The average Bonchev–Trinajstić information content (AvgIpc) is 2.43. The number of hydrogen-bond acceptors (Lipinski definition) is 3. The number of hydrogen-bond donors (Lipinski definition) is 0. The third-order valence-corrected chi connectivity index (χ3v) is 3.71. The lowest BCUT2D eigenvalue weighted by atomic mass is 9.85. The number of aromatic nitrogens is 1. The van der Waals surface area contributed by atoms with Gasteiger partial charge in [0.2, 0.25) is 0 Å². The molecule has 1 aliphatic heterocycles. The zero-order valence-corrected chi connectivity index (χ0v) is 11.0. The van der Waals surface area contributed by atoms with Crippen molar-refractivity contribution in [2.75, 3.05) is 4.90 Å². The van der Waals surface area contributed by atoms with Crippen LogP contribution in [-0.4, -0.2) is 22.2 Å². The Labute approximate surface area is 107 Å². The van der Waals surface area contributed by atoms with E-state index in [9.17, 15) is 4.79 Å². The Kier molecular flexibility index (Phi) is 2.58. The van der Waals surface area contributed by atoms with E-state index in [1.54, 1.807) is 18.3 Å². The standard InChI is InChI=1S/C14H16N2O2/c1-6-10-8-7-9-15-11(10)16-12(17)18-14(4,5)13(16,2)3/h1,7-9H,2-5H3. The molecule has 0 aliphatic carbocycles. The number of carbonyl (C=O) groups excluding carboxylic acids is 1. The summed E-state index contributed by atoms with van der Waals surface area (Å²) >= 11 is 0. The Morgan fingerprint density at radius 1 is 1.39 bits per heavy atom. The molecule has 0 unspecified atom stereocenters. The molecule has 0 spiro atoms. The lowest BCUT2D eigenvalue weighted by molar-refractivity contribution is 0.0458. The quantitative estimate of drug-likeness (QED) is 0.713.